The van der Waals surface area contributed by atoms with Crippen molar-refractivity contribution >= 4 is 29.3 Å². The summed E-state index contributed by atoms with van der Waals surface area (Å²) in [5, 5.41) is 12.9. The van der Waals surface area contributed by atoms with Crippen molar-refractivity contribution in [2.75, 3.05) is 5.75 Å². The Balaban J connectivity index is 1.50. The van der Waals surface area contributed by atoms with Crippen LogP contribution in [0.3, 0.4) is 0 Å². The van der Waals surface area contributed by atoms with Gasteiger partial charge < -0.3 is 9.88 Å². The van der Waals surface area contributed by atoms with Crippen LogP contribution in [0.15, 0.2) is 29.4 Å². The number of halogens is 1. The zero-order valence-electron chi connectivity index (χ0n) is 13.0. The first-order valence-electron chi connectivity index (χ1n) is 7.74. The summed E-state index contributed by atoms with van der Waals surface area (Å²) in [6.07, 6.45) is 2.40. The van der Waals surface area contributed by atoms with Gasteiger partial charge in [-0.3, -0.25) is 4.79 Å². The molecule has 0 aliphatic heterocycles. The van der Waals surface area contributed by atoms with E-state index < -0.39 is 0 Å². The number of nitrogens with one attached hydrogen (secondary N) is 1. The zero-order chi connectivity index (χ0) is 16.2. The van der Waals surface area contributed by atoms with Gasteiger partial charge in [-0.1, -0.05) is 35.5 Å². The molecule has 1 aliphatic carbocycles. The number of aromatic nitrogens is 3. The van der Waals surface area contributed by atoms with E-state index in [0.29, 0.717) is 23.2 Å². The molecule has 122 valence electrons. The molecule has 0 saturated heterocycles. The van der Waals surface area contributed by atoms with Crippen LogP contribution >= 0.6 is 23.4 Å². The summed E-state index contributed by atoms with van der Waals surface area (Å²) in [6, 6.07) is 7.46. The standard InChI is InChI=1S/C16H19ClN4OS/c1-2-21-15(12-5-6-12)19-20-16(21)23-10-14(22)18-9-11-3-7-13(17)8-4-11/h3-4,7-8,12H,2,5-6,9-10H2,1H3,(H,18,22). The molecule has 0 atom stereocenters. The number of carbonyl (C=O) groups excluding carboxylic acids is 1. The van der Waals surface area contributed by atoms with Gasteiger partial charge in [-0.2, -0.15) is 0 Å². The molecule has 3 rings (SSSR count). The molecule has 1 amide bonds. The molecule has 1 N–H and O–H groups in total. The number of thioether (sulfide) groups is 1. The first-order chi connectivity index (χ1) is 11.2. The average molecular weight is 351 g/mol. The first kappa shape index (κ1) is 16.3. The fourth-order valence-corrected chi connectivity index (χ4v) is 3.30. The second kappa shape index (κ2) is 7.36. The molecule has 7 heteroatoms. The van der Waals surface area contributed by atoms with Crippen LogP contribution in [-0.4, -0.2) is 26.4 Å². The second-order valence-electron chi connectivity index (χ2n) is 5.55. The number of benzene rings is 1. The number of amides is 1. The Kier molecular flexibility index (Phi) is 5.23. The monoisotopic (exact) mass is 350 g/mol. The highest BCUT2D eigenvalue weighted by molar-refractivity contribution is 7.99. The zero-order valence-corrected chi connectivity index (χ0v) is 14.5. The Bertz CT molecular complexity index is 682. The fraction of sp³-hybridized carbons (Fsp3) is 0.438. The average Bonchev–Trinajstić information content (AvgIpc) is 3.32. The lowest BCUT2D eigenvalue weighted by atomic mass is 10.2. The lowest BCUT2D eigenvalue weighted by Gasteiger charge is -2.07. The van der Waals surface area contributed by atoms with E-state index in [9.17, 15) is 4.79 Å². The molecule has 0 unspecified atom stereocenters. The van der Waals surface area contributed by atoms with Gasteiger partial charge in [-0.15, -0.1) is 10.2 Å². The third kappa shape index (κ3) is 4.26. The molecule has 1 aromatic carbocycles. The van der Waals surface area contributed by atoms with Gasteiger partial charge in [0.25, 0.3) is 0 Å². The Morgan fingerprint density at radius 1 is 1.35 bits per heavy atom. The van der Waals surface area contributed by atoms with Gasteiger partial charge in [0.2, 0.25) is 5.91 Å². The summed E-state index contributed by atoms with van der Waals surface area (Å²) in [4.78, 5) is 12.0. The van der Waals surface area contributed by atoms with Crippen molar-refractivity contribution in [3.05, 3.63) is 40.7 Å². The normalized spacial score (nSPS) is 14.0. The van der Waals surface area contributed by atoms with Crippen LogP contribution in [0.25, 0.3) is 0 Å². The number of carbonyl (C=O) groups is 1. The van der Waals surface area contributed by atoms with Gasteiger partial charge in [0.15, 0.2) is 5.16 Å². The topological polar surface area (TPSA) is 59.8 Å². The number of hydrogen-bond acceptors (Lipinski definition) is 4. The molecule has 1 aromatic heterocycles. The molecule has 0 bridgehead atoms. The molecule has 0 spiro atoms. The van der Waals surface area contributed by atoms with Crippen LogP contribution in [0.4, 0.5) is 0 Å². The quantitative estimate of drug-likeness (QED) is 0.779. The summed E-state index contributed by atoms with van der Waals surface area (Å²) in [5.41, 5.74) is 1.03. The van der Waals surface area contributed by atoms with Crippen LogP contribution in [0.5, 0.6) is 0 Å². The van der Waals surface area contributed by atoms with Crippen molar-refractivity contribution in [3.8, 4) is 0 Å². The van der Waals surface area contributed by atoms with Gasteiger partial charge >= 0.3 is 0 Å². The third-order valence-electron chi connectivity index (χ3n) is 3.74. The van der Waals surface area contributed by atoms with E-state index in [4.69, 9.17) is 11.6 Å². The van der Waals surface area contributed by atoms with Gasteiger partial charge in [0.1, 0.15) is 5.82 Å². The Morgan fingerprint density at radius 3 is 2.74 bits per heavy atom. The maximum atomic E-state index is 12.0. The third-order valence-corrected chi connectivity index (χ3v) is 4.96. The van der Waals surface area contributed by atoms with Crippen LogP contribution < -0.4 is 5.32 Å². The predicted octanol–water partition coefficient (Wildman–Crippen LogP) is 3.24. The minimum Gasteiger partial charge on any atom is -0.351 e. The minimum atomic E-state index is -0.0106. The molecule has 1 saturated carbocycles. The lowest BCUT2D eigenvalue weighted by Crippen LogP contribution is -2.24. The predicted molar refractivity (Wildman–Crippen MR) is 91.7 cm³/mol. The summed E-state index contributed by atoms with van der Waals surface area (Å²) in [6.45, 7) is 3.43. The SMILES string of the molecule is CCn1c(SCC(=O)NCc2ccc(Cl)cc2)nnc1C1CC1. The summed E-state index contributed by atoms with van der Waals surface area (Å²) in [5.74, 6) is 1.96. The van der Waals surface area contributed by atoms with E-state index >= 15 is 0 Å². The van der Waals surface area contributed by atoms with Crippen LogP contribution in [0, 0.1) is 0 Å². The minimum absolute atomic E-state index is 0.0106. The number of hydrogen-bond donors (Lipinski definition) is 1. The van der Waals surface area contributed by atoms with E-state index in [2.05, 4.69) is 27.0 Å². The molecule has 0 radical (unpaired) electrons. The Labute approximate surface area is 144 Å². The smallest absolute Gasteiger partial charge is 0.230 e. The van der Waals surface area contributed by atoms with Gasteiger partial charge in [-0.05, 0) is 37.5 Å². The van der Waals surface area contributed by atoms with Crippen LogP contribution in [0.2, 0.25) is 5.02 Å². The van der Waals surface area contributed by atoms with Gasteiger partial charge in [0.05, 0.1) is 5.75 Å². The second-order valence-corrected chi connectivity index (χ2v) is 6.93. The van der Waals surface area contributed by atoms with E-state index in [1.807, 2.05) is 24.3 Å². The number of rotatable bonds is 7. The van der Waals surface area contributed by atoms with Crippen LogP contribution in [0.1, 0.15) is 37.1 Å². The van der Waals surface area contributed by atoms with E-state index in [1.165, 1.54) is 24.6 Å². The maximum Gasteiger partial charge on any atom is 0.230 e. The fourth-order valence-electron chi connectivity index (χ4n) is 2.33. The summed E-state index contributed by atoms with van der Waals surface area (Å²) in [7, 11) is 0. The van der Waals surface area contributed by atoms with E-state index in [-0.39, 0.29) is 5.91 Å². The molecule has 5 nitrogen and oxygen atoms in total. The van der Waals surface area contributed by atoms with Crippen molar-refractivity contribution in [1.82, 2.24) is 20.1 Å². The molecule has 1 heterocycles. The molecular formula is C16H19ClN4OS. The van der Waals surface area contributed by atoms with Gasteiger partial charge in [-0.25, -0.2) is 0 Å². The van der Waals surface area contributed by atoms with Crippen LogP contribution in [-0.2, 0) is 17.9 Å². The van der Waals surface area contributed by atoms with Crippen molar-refractivity contribution < 1.29 is 4.79 Å². The van der Waals surface area contributed by atoms with E-state index in [0.717, 1.165) is 23.1 Å². The molecule has 2 aromatic rings. The number of nitrogens with zero attached hydrogens (tertiary/aromatic N) is 3. The highest BCUT2D eigenvalue weighted by Gasteiger charge is 2.30. The molecule has 1 fully saturated rings. The maximum absolute atomic E-state index is 12.0. The van der Waals surface area contributed by atoms with Crippen molar-refractivity contribution in [1.29, 1.82) is 0 Å². The Hall–Kier alpha value is -1.53. The molecule has 23 heavy (non-hydrogen) atoms. The van der Waals surface area contributed by atoms with Crippen molar-refractivity contribution in [2.24, 2.45) is 0 Å². The Morgan fingerprint density at radius 2 is 2.09 bits per heavy atom. The van der Waals surface area contributed by atoms with E-state index in [1.54, 1.807) is 0 Å². The van der Waals surface area contributed by atoms with Gasteiger partial charge in [0, 0.05) is 24.0 Å². The lowest BCUT2D eigenvalue weighted by molar-refractivity contribution is -0.118. The molecular weight excluding hydrogens is 332 g/mol. The van der Waals surface area contributed by atoms with Crippen molar-refractivity contribution in [2.45, 2.75) is 43.9 Å². The largest absolute Gasteiger partial charge is 0.351 e. The molecule has 1 aliphatic rings. The first-order valence-corrected chi connectivity index (χ1v) is 9.10. The highest BCUT2D eigenvalue weighted by atomic mass is 35.5. The highest BCUT2D eigenvalue weighted by Crippen LogP contribution is 2.39. The summed E-state index contributed by atoms with van der Waals surface area (Å²) >= 11 is 7.28. The van der Waals surface area contributed by atoms with Crippen molar-refractivity contribution in [3.63, 3.8) is 0 Å². The summed E-state index contributed by atoms with van der Waals surface area (Å²) < 4.78 is 2.12.